The highest BCUT2D eigenvalue weighted by atomic mass is 35.5. The first-order valence-corrected chi connectivity index (χ1v) is 12.2. The summed E-state index contributed by atoms with van der Waals surface area (Å²) in [6, 6.07) is 8.81. The Morgan fingerprint density at radius 1 is 0.767 bits per heavy atom. The molecule has 0 N–H and O–H groups in total. The van der Waals surface area contributed by atoms with Crippen LogP contribution in [0.2, 0.25) is 0 Å². The van der Waals surface area contributed by atoms with Crippen molar-refractivity contribution in [2.24, 2.45) is 0 Å². The molecule has 3 nitrogen and oxygen atoms in total. The Morgan fingerprint density at radius 2 is 1.37 bits per heavy atom. The van der Waals surface area contributed by atoms with E-state index in [0.717, 1.165) is 26.0 Å². The number of hydrogen-bond donors (Lipinski definition) is 0. The molecule has 0 spiro atoms. The standard InChI is InChI=1S/C26H48NO2.ClH/c1-7-11-13-14-15-16-20-24-21-17-18-22-25(24)26(28-10-4,27(5,6)9-3)29-23-19-12-8-2;/h17-18,21-22H,7-16,19-20,23H2,1-6H3;1H/q+1;/p-1. The van der Waals surface area contributed by atoms with Gasteiger partial charge in [-0.15, -0.1) is 0 Å². The van der Waals surface area contributed by atoms with Gasteiger partial charge in [-0.1, -0.05) is 77.0 Å². The molecule has 0 radical (unpaired) electrons. The minimum atomic E-state index is -0.740. The van der Waals surface area contributed by atoms with Crippen LogP contribution in [0.3, 0.4) is 0 Å². The van der Waals surface area contributed by atoms with Crippen LogP contribution >= 0.6 is 0 Å². The van der Waals surface area contributed by atoms with E-state index in [-0.39, 0.29) is 12.4 Å². The normalized spacial score (nSPS) is 13.7. The fourth-order valence-electron chi connectivity index (χ4n) is 3.98. The molecule has 0 amide bonds. The van der Waals surface area contributed by atoms with Crippen LogP contribution < -0.4 is 12.4 Å². The van der Waals surface area contributed by atoms with Crippen molar-refractivity contribution in [3.8, 4) is 0 Å². The summed E-state index contributed by atoms with van der Waals surface area (Å²) >= 11 is 0. The van der Waals surface area contributed by atoms with Crippen LogP contribution in [0.1, 0.15) is 96.6 Å². The van der Waals surface area contributed by atoms with Crippen molar-refractivity contribution < 1.29 is 26.4 Å². The first-order valence-electron chi connectivity index (χ1n) is 12.2. The Hall–Kier alpha value is -0.610. The fourth-order valence-corrected chi connectivity index (χ4v) is 3.98. The second-order valence-electron chi connectivity index (χ2n) is 8.75. The topological polar surface area (TPSA) is 18.5 Å². The number of rotatable bonds is 17. The number of halogens is 1. The highest BCUT2D eigenvalue weighted by Gasteiger charge is 2.50. The number of aryl methyl sites for hydroxylation is 1. The third-order valence-electron chi connectivity index (χ3n) is 6.13. The van der Waals surface area contributed by atoms with Crippen LogP contribution in [0, 0.1) is 0 Å². The third kappa shape index (κ3) is 8.49. The first kappa shape index (κ1) is 29.4. The molecule has 1 aromatic carbocycles. The van der Waals surface area contributed by atoms with Crippen molar-refractivity contribution in [2.75, 3.05) is 33.9 Å². The summed E-state index contributed by atoms with van der Waals surface area (Å²) in [5.74, 6) is -0.740. The molecule has 4 heteroatoms. The van der Waals surface area contributed by atoms with Crippen LogP contribution in [-0.2, 0) is 21.8 Å². The molecular weight excluding hydrogens is 394 g/mol. The van der Waals surface area contributed by atoms with Gasteiger partial charge in [-0.2, -0.15) is 0 Å². The van der Waals surface area contributed by atoms with Crippen LogP contribution in [0.15, 0.2) is 24.3 Å². The second kappa shape index (κ2) is 16.1. The summed E-state index contributed by atoms with van der Waals surface area (Å²) in [5, 5.41) is 0. The number of ether oxygens (including phenoxy) is 2. The van der Waals surface area contributed by atoms with Crippen molar-refractivity contribution in [2.45, 2.75) is 97.8 Å². The molecule has 176 valence electrons. The van der Waals surface area contributed by atoms with Gasteiger partial charge in [0.05, 0.1) is 39.4 Å². The van der Waals surface area contributed by atoms with Crippen molar-refractivity contribution in [3.05, 3.63) is 35.4 Å². The molecule has 0 saturated heterocycles. The lowest BCUT2D eigenvalue weighted by Crippen LogP contribution is -3.00. The molecule has 1 rings (SSSR count). The van der Waals surface area contributed by atoms with Gasteiger partial charge in [0, 0.05) is 0 Å². The molecule has 1 atom stereocenters. The highest BCUT2D eigenvalue weighted by molar-refractivity contribution is 5.30. The van der Waals surface area contributed by atoms with Crippen molar-refractivity contribution in [3.63, 3.8) is 0 Å². The van der Waals surface area contributed by atoms with Crippen LogP contribution in [-0.4, -0.2) is 38.3 Å². The largest absolute Gasteiger partial charge is 1.00 e. The van der Waals surface area contributed by atoms with Crippen LogP contribution in [0.5, 0.6) is 0 Å². The Balaban J connectivity index is 0.00000841. The molecule has 1 unspecified atom stereocenters. The van der Waals surface area contributed by atoms with Crippen molar-refractivity contribution in [1.29, 1.82) is 0 Å². The van der Waals surface area contributed by atoms with Gasteiger partial charge in [-0.05, 0) is 44.7 Å². The molecule has 0 bridgehead atoms. The van der Waals surface area contributed by atoms with Crippen LogP contribution in [0.4, 0.5) is 0 Å². The minimum Gasteiger partial charge on any atom is -1.00 e. The van der Waals surface area contributed by atoms with Crippen molar-refractivity contribution >= 4 is 0 Å². The SMILES string of the molecule is CCCCCCCCc1ccccc1C(OCC)(OCCCCC)[N+](C)(C)CC.[Cl-]. The van der Waals surface area contributed by atoms with Gasteiger partial charge in [0.1, 0.15) is 0 Å². The second-order valence-corrected chi connectivity index (χ2v) is 8.75. The number of nitrogens with zero attached hydrogens (tertiary/aromatic N) is 1. The molecular formula is C26H48ClNO2. The molecule has 0 aliphatic rings. The lowest BCUT2D eigenvalue weighted by molar-refractivity contribution is -1.01. The zero-order valence-electron chi connectivity index (χ0n) is 20.6. The fraction of sp³-hybridized carbons (Fsp3) is 0.769. The third-order valence-corrected chi connectivity index (χ3v) is 6.13. The summed E-state index contributed by atoms with van der Waals surface area (Å²) in [5.41, 5.74) is 2.60. The summed E-state index contributed by atoms with van der Waals surface area (Å²) in [6.45, 7) is 11.1. The van der Waals surface area contributed by atoms with Gasteiger partial charge in [0.15, 0.2) is 0 Å². The molecule has 0 aromatic heterocycles. The monoisotopic (exact) mass is 441 g/mol. The molecule has 30 heavy (non-hydrogen) atoms. The molecule has 0 aliphatic carbocycles. The molecule has 0 saturated carbocycles. The zero-order chi connectivity index (χ0) is 21.6. The van der Waals surface area contributed by atoms with Gasteiger partial charge >= 0.3 is 5.91 Å². The Kier molecular flexibility index (Phi) is 15.8. The molecule has 0 heterocycles. The first-order chi connectivity index (χ1) is 14.0. The van der Waals surface area contributed by atoms with E-state index in [9.17, 15) is 0 Å². The predicted molar refractivity (Wildman–Crippen MR) is 125 cm³/mol. The average molecular weight is 442 g/mol. The molecule has 0 aliphatic heterocycles. The zero-order valence-corrected chi connectivity index (χ0v) is 21.4. The lowest BCUT2D eigenvalue weighted by Gasteiger charge is -2.47. The number of hydrogen-bond acceptors (Lipinski definition) is 2. The summed E-state index contributed by atoms with van der Waals surface area (Å²) in [4.78, 5) is 0. The van der Waals surface area contributed by atoms with E-state index < -0.39 is 5.91 Å². The van der Waals surface area contributed by atoms with Gasteiger partial charge in [-0.3, -0.25) is 14.0 Å². The Bertz CT molecular complexity index is 550. The highest BCUT2D eigenvalue weighted by Crippen LogP contribution is 2.38. The van der Waals surface area contributed by atoms with Crippen molar-refractivity contribution in [1.82, 2.24) is 0 Å². The maximum absolute atomic E-state index is 6.66. The summed E-state index contributed by atoms with van der Waals surface area (Å²) in [6.07, 6.45) is 12.5. The van der Waals surface area contributed by atoms with Gasteiger partial charge in [0.2, 0.25) is 0 Å². The Morgan fingerprint density at radius 3 is 2.00 bits per heavy atom. The van der Waals surface area contributed by atoms with Gasteiger partial charge in [-0.25, -0.2) is 0 Å². The molecule has 1 aromatic rings. The average Bonchev–Trinajstić information content (AvgIpc) is 2.73. The Labute approximate surface area is 193 Å². The van der Waals surface area contributed by atoms with E-state index in [1.165, 1.54) is 62.5 Å². The van der Waals surface area contributed by atoms with E-state index in [0.29, 0.717) is 11.1 Å². The summed E-state index contributed by atoms with van der Waals surface area (Å²) in [7, 11) is 4.47. The molecule has 0 fully saturated rings. The minimum absolute atomic E-state index is 0. The lowest BCUT2D eigenvalue weighted by atomic mass is 9.96. The number of unbranched alkanes of at least 4 members (excludes halogenated alkanes) is 7. The number of benzene rings is 1. The number of quaternary nitrogens is 1. The van der Waals surface area contributed by atoms with E-state index in [2.05, 4.69) is 66.1 Å². The maximum Gasteiger partial charge on any atom is 0.347 e. The van der Waals surface area contributed by atoms with E-state index in [1.54, 1.807) is 0 Å². The van der Waals surface area contributed by atoms with Gasteiger partial charge in [0.25, 0.3) is 0 Å². The summed E-state index contributed by atoms with van der Waals surface area (Å²) < 4.78 is 13.8. The quantitative estimate of drug-likeness (QED) is 0.206. The maximum atomic E-state index is 6.66. The van der Waals surface area contributed by atoms with Crippen LogP contribution in [0.25, 0.3) is 0 Å². The smallest absolute Gasteiger partial charge is 0.347 e. The van der Waals surface area contributed by atoms with Gasteiger partial charge < -0.3 is 12.4 Å². The van der Waals surface area contributed by atoms with E-state index in [1.807, 2.05) is 0 Å². The predicted octanol–water partition coefficient (Wildman–Crippen LogP) is 4.04. The van der Waals surface area contributed by atoms with E-state index >= 15 is 0 Å². The van der Waals surface area contributed by atoms with E-state index in [4.69, 9.17) is 9.47 Å².